The average molecular weight is 370 g/mol. The number of nitrogens with one attached hydrogen (secondary N) is 1. The second-order valence-corrected chi connectivity index (χ2v) is 9.46. The molecule has 0 aromatic carbocycles. The predicted octanol–water partition coefficient (Wildman–Crippen LogP) is 1.37. The Hall–Kier alpha value is -0.950. The molecule has 0 saturated carbocycles. The highest BCUT2D eigenvalue weighted by Crippen LogP contribution is 2.29. The number of guanidine groups is 1. The number of primary amides is 1. The molecule has 0 aromatic rings. The molecule has 25 heavy (non-hydrogen) atoms. The van der Waals surface area contributed by atoms with Crippen LogP contribution in [0.5, 0.6) is 0 Å². The Morgan fingerprint density at radius 1 is 1.40 bits per heavy atom. The van der Waals surface area contributed by atoms with Crippen LogP contribution in [0.4, 0.5) is 0 Å². The van der Waals surface area contributed by atoms with Crippen molar-refractivity contribution in [3.63, 3.8) is 0 Å². The van der Waals surface area contributed by atoms with Gasteiger partial charge in [-0.2, -0.15) is 11.8 Å². The molecule has 2 saturated heterocycles. The van der Waals surface area contributed by atoms with Gasteiger partial charge in [0.2, 0.25) is 5.91 Å². The van der Waals surface area contributed by atoms with E-state index >= 15 is 0 Å². The maximum Gasteiger partial charge on any atom is 0.221 e. The van der Waals surface area contributed by atoms with Crippen molar-refractivity contribution in [3.05, 3.63) is 0 Å². The van der Waals surface area contributed by atoms with Gasteiger partial charge in [0.05, 0.1) is 5.92 Å². The monoisotopic (exact) mass is 369 g/mol. The van der Waals surface area contributed by atoms with Crippen LogP contribution in [0, 0.1) is 5.92 Å². The molecule has 1 unspecified atom stereocenters. The van der Waals surface area contributed by atoms with Gasteiger partial charge in [-0.3, -0.25) is 9.79 Å². The topological polar surface area (TPSA) is 74.0 Å². The zero-order valence-corrected chi connectivity index (χ0v) is 16.9. The molecule has 2 aliphatic rings. The summed E-state index contributed by atoms with van der Waals surface area (Å²) in [4.78, 5) is 21.0. The Bertz CT molecular complexity index is 468. The molecule has 0 aliphatic carbocycles. The van der Waals surface area contributed by atoms with E-state index in [0.717, 1.165) is 76.8 Å². The van der Waals surface area contributed by atoms with E-state index in [0.29, 0.717) is 0 Å². The first-order chi connectivity index (χ1) is 11.9. The quantitative estimate of drug-likeness (QED) is 0.420. The smallest absolute Gasteiger partial charge is 0.221 e. The summed E-state index contributed by atoms with van der Waals surface area (Å²) in [5.41, 5.74) is 5.46. The second kappa shape index (κ2) is 9.67. The Morgan fingerprint density at radius 3 is 2.88 bits per heavy atom. The molecule has 0 bridgehead atoms. The Balaban J connectivity index is 1.80. The van der Waals surface area contributed by atoms with Crippen LogP contribution in [-0.2, 0) is 4.79 Å². The van der Waals surface area contributed by atoms with Crippen LogP contribution >= 0.6 is 11.8 Å². The Morgan fingerprint density at radius 2 is 2.20 bits per heavy atom. The first-order valence-corrected chi connectivity index (χ1v) is 10.6. The van der Waals surface area contributed by atoms with E-state index in [2.05, 4.69) is 35.9 Å². The number of piperidine rings is 1. The van der Waals surface area contributed by atoms with E-state index < -0.39 is 0 Å². The highest BCUT2D eigenvalue weighted by Gasteiger charge is 2.28. The van der Waals surface area contributed by atoms with Gasteiger partial charge in [0.25, 0.3) is 0 Å². The van der Waals surface area contributed by atoms with Crippen LogP contribution in [-0.4, -0.2) is 78.0 Å². The van der Waals surface area contributed by atoms with Crippen molar-refractivity contribution in [2.75, 3.05) is 51.6 Å². The lowest BCUT2D eigenvalue weighted by atomic mass is 9.97. The summed E-state index contributed by atoms with van der Waals surface area (Å²) in [5, 5.41) is 3.44. The van der Waals surface area contributed by atoms with E-state index in [1.54, 1.807) is 0 Å². The van der Waals surface area contributed by atoms with E-state index in [1.807, 2.05) is 11.8 Å². The Labute approximate surface area is 157 Å². The molecule has 1 amide bonds. The SMILES string of the molecule is CCNC(=NCCCN1CCCC(C(N)=O)C1)N1CCSC(C)(C)C1. The number of aliphatic imine (C=N–C) groups is 1. The number of nitrogens with two attached hydrogens (primary N) is 1. The molecule has 0 aromatic heterocycles. The van der Waals surface area contributed by atoms with Crippen molar-refractivity contribution in [2.24, 2.45) is 16.6 Å². The van der Waals surface area contributed by atoms with Gasteiger partial charge in [-0.15, -0.1) is 0 Å². The minimum Gasteiger partial charge on any atom is -0.369 e. The summed E-state index contributed by atoms with van der Waals surface area (Å²) in [6.45, 7) is 13.4. The summed E-state index contributed by atoms with van der Waals surface area (Å²) in [5.74, 6) is 2.08. The van der Waals surface area contributed by atoms with Gasteiger partial charge in [0.1, 0.15) is 0 Å². The van der Waals surface area contributed by atoms with Gasteiger partial charge in [-0.05, 0) is 53.1 Å². The fraction of sp³-hybridized carbons (Fsp3) is 0.889. The molecule has 6 nitrogen and oxygen atoms in total. The van der Waals surface area contributed by atoms with Crippen molar-refractivity contribution in [2.45, 2.75) is 44.8 Å². The number of thioether (sulfide) groups is 1. The fourth-order valence-corrected chi connectivity index (χ4v) is 4.70. The van der Waals surface area contributed by atoms with E-state index in [1.165, 1.54) is 0 Å². The van der Waals surface area contributed by atoms with E-state index in [-0.39, 0.29) is 16.6 Å². The molecule has 3 N–H and O–H groups in total. The first-order valence-electron chi connectivity index (χ1n) is 9.60. The van der Waals surface area contributed by atoms with Crippen LogP contribution in [0.3, 0.4) is 0 Å². The number of hydrogen-bond donors (Lipinski definition) is 2. The highest BCUT2D eigenvalue weighted by molar-refractivity contribution is 8.00. The molecule has 2 rings (SSSR count). The molecule has 2 fully saturated rings. The maximum atomic E-state index is 11.4. The van der Waals surface area contributed by atoms with Crippen molar-refractivity contribution in [1.29, 1.82) is 0 Å². The number of likely N-dealkylation sites (tertiary alicyclic amines) is 1. The minimum atomic E-state index is -0.150. The number of carbonyl (C=O) groups excluding carboxylic acids is 1. The van der Waals surface area contributed by atoms with Crippen molar-refractivity contribution >= 4 is 23.6 Å². The third-order valence-corrected chi connectivity index (χ3v) is 6.16. The van der Waals surface area contributed by atoms with Crippen molar-refractivity contribution in [3.8, 4) is 0 Å². The summed E-state index contributed by atoms with van der Waals surface area (Å²) >= 11 is 2.04. The summed E-state index contributed by atoms with van der Waals surface area (Å²) in [7, 11) is 0. The molecule has 7 heteroatoms. The lowest BCUT2D eigenvalue weighted by molar-refractivity contribution is -0.123. The molecular formula is C18H35N5OS. The highest BCUT2D eigenvalue weighted by atomic mass is 32.2. The van der Waals surface area contributed by atoms with Crippen molar-refractivity contribution < 1.29 is 4.79 Å². The van der Waals surface area contributed by atoms with Gasteiger partial charge in [-0.1, -0.05) is 0 Å². The molecule has 2 aliphatic heterocycles. The molecule has 1 atom stereocenters. The van der Waals surface area contributed by atoms with E-state index in [4.69, 9.17) is 10.7 Å². The molecule has 0 spiro atoms. The molecular weight excluding hydrogens is 334 g/mol. The number of hydrogen-bond acceptors (Lipinski definition) is 4. The summed E-state index contributed by atoms with van der Waals surface area (Å²) < 4.78 is 0.284. The molecule has 2 heterocycles. The normalized spacial score (nSPS) is 25.0. The third-order valence-electron chi connectivity index (χ3n) is 4.86. The number of carbonyl (C=O) groups is 1. The zero-order chi connectivity index (χ0) is 18.3. The average Bonchev–Trinajstić information content (AvgIpc) is 2.57. The van der Waals surface area contributed by atoms with Gasteiger partial charge in [0.15, 0.2) is 5.96 Å². The fourth-order valence-electron chi connectivity index (χ4n) is 3.59. The van der Waals surface area contributed by atoms with Gasteiger partial charge < -0.3 is 20.9 Å². The number of amides is 1. The maximum absolute atomic E-state index is 11.4. The number of nitrogens with zero attached hydrogens (tertiary/aromatic N) is 3. The van der Waals surface area contributed by atoms with Crippen LogP contribution in [0.2, 0.25) is 0 Å². The molecule has 0 radical (unpaired) electrons. The zero-order valence-electron chi connectivity index (χ0n) is 16.1. The largest absolute Gasteiger partial charge is 0.369 e. The minimum absolute atomic E-state index is 0.0302. The van der Waals surface area contributed by atoms with Crippen LogP contribution in [0.1, 0.15) is 40.0 Å². The standard InChI is InChI=1S/C18H35N5OS/c1-4-20-17(23-11-12-25-18(2,3)14-23)21-8-6-10-22-9-5-7-15(13-22)16(19)24/h15H,4-14H2,1-3H3,(H2,19,24)(H,20,21). The Kier molecular flexibility index (Phi) is 7.87. The summed E-state index contributed by atoms with van der Waals surface area (Å²) in [6, 6.07) is 0. The lowest BCUT2D eigenvalue weighted by Crippen LogP contribution is -2.51. The third kappa shape index (κ3) is 6.70. The van der Waals surface area contributed by atoms with Crippen LogP contribution in [0.25, 0.3) is 0 Å². The van der Waals surface area contributed by atoms with Crippen LogP contribution < -0.4 is 11.1 Å². The predicted molar refractivity (Wildman–Crippen MR) is 107 cm³/mol. The van der Waals surface area contributed by atoms with E-state index in [9.17, 15) is 4.79 Å². The molecule has 144 valence electrons. The van der Waals surface area contributed by atoms with Crippen LogP contribution in [0.15, 0.2) is 4.99 Å². The van der Waals surface area contributed by atoms with Crippen molar-refractivity contribution in [1.82, 2.24) is 15.1 Å². The summed E-state index contributed by atoms with van der Waals surface area (Å²) in [6.07, 6.45) is 3.03. The second-order valence-electron chi connectivity index (χ2n) is 7.66. The first kappa shape index (κ1) is 20.4. The lowest BCUT2D eigenvalue weighted by Gasteiger charge is -2.39. The number of rotatable bonds is 6. The van der Waals surface area contributed by atoms with Gasteiger partial charge in [-0.25, -0.2) is 0 Å². The van der Waals surface area contributed by atoms with Gasteiger partial charge in [0, 0.05) is 43.2 Å². The van der Waals surface area contributed by atoms with Gasteiger partial charge >= 0.3 is 0 Å².